The van der Waals surface area contributed by atoms with Gasteiger partial charge in [0, 0.05) is 24.5 Å². The number of pyridine rings is 1. The molecule has 0 aliphatic rings. The van der Waals surface area contributed by atoms with Crippen molar-refractivity contribution in [2.45, 2.75) is 13.3 Å². The van der Waals surface area contributed by atoms with E-state index in [4.69, 9.17) is 5.73 Å². The van der Waals surface area contributed by atoms with Gasteiger partial charge in [-0.25, -0.2) is 9.67 Å². The molecule has 0 aliphatic heterocycles. The maximum atomic E-state index is 12.0. The summed E-state index contributed by atoms with van der Waals surface area (Å²) in [6.07, 6.45) is 5.76. The first-order valence-electron chi connectivity index (χ1n) is 6.18. The minimum Gasteiger partial charge on any atom is -0.330 e. The number of carbonyl (C=O) groups excluding carboxylic acids is 1. The number of aromatic nitrogens is 3. The van der Waals surface area contributed by atoms with Crippen molar-refractivity contribution < 1.29 is 4.79 Å². The molecule has 0 bridgehead atoms. The third-order valence-electron chi connectivity index (χ3n) is 2.81. The van der Waals surface area contributed by atoms with Gasteiger partial charge in [0.25, 0.3) is 0 Å². The average Bonchev–Trinajstić information content (AvgIpc) is 2.93. The quantitative estimate of drug-likeness (QED) is 0.844. The fraction of sp³-hybridized carbons (Fsp3) is 0.308. The molecule has 0 fully saturated rings. The van der Waals surface area contributed by atoms with Crippen LogP contribution in [0.15, 0.2) is 36.8 Å². The highest BCUT2D eigenvalue weighted by molar-refractivity contribution is 5.93. The molecule has 0 saturated heterocycles. The van der Waals surface area contributed by atoms with E-state index in [-0.39, 0.29) is 11.8 Å². The maximum absolute atomic E-state index is 12.0. The molecule has 0 radical (unpaired) electrons. The van der Waals surface area contributed by atoms with Gasteiger partial charge in [-0.1, -0.05) is 6.92 Å². The summed E-state index contributed by atoms with van der Waals surface area (Å²) >= 11 is 0. The zero-order chi connectivity index (χ0) is 13.7. The molecule has 3 N–H and O–H groups in total. The highest BCUT2D eigenvalue weighted by Crippen LogP contribution is 2.17. The van der Waals surface area contributed by atoms with Gasteiger partial charge in [-0.2, -0.15) is 5.10 Å². The SMILES string of the molecule is CC(CCN)C(=O)Nc1cccnc1-n1cccn1. The third kappa shape index (κ3) is 3.17. The molecule has 19 heavy (non-hydrogen) atoms. The first-order chi connectivity index (χ1) is 9.22. The van der Waals surface area contributed by atoms with Crippen molar-refractivity contribution in [3.63, 3.8) is 0 Å². The van der Waals surface area contributed by atoms with Crippen LogP contribution >= 0.6 is 0 Å². The predicted octanol–water partition coefficient (Wildman–Crippen LogP) is 1.19. The Balaban J connectivity index is 2.19. The van der Waals surface area contributed by atoms with E-state index < -0.39 is 0 Å². The van der Waals surface area contributed by atoms with Crippen LogP contribution in [0.25, 0.3) is 5.82 Å². The van der Waals surface area contributed by atoms with Crippen LogP contribution in [-0.2, 0) is 4.79 Å². The van der Waals surface area contributed by atoms with E-state index >= 15 is 0 Å². The molecule has 2 heterocycles. The molecular weight excluding hydrogens is 242 g/mol. The lowest BCUT2D eigenvalue weighted by molar-refractivity contribution is -0.119. The summed E-state index contributed by atoms with van der Waals surface area (Å²) in [4.78, 5) is 16.2. The molecule has 6 heteroatoms. The Labute approximate surface area is 111 Å². The molecule has 0 aromatic carbocycles. The summed E-state index contributed by atoms with van der Waals surface area (Å²) in [5, 5.41) is 6.98. The third-order valence-corrected chi connectivity index (χ3v) is 2.81. The fourth-order valence-electron chi connectivity index (χ4n) is 1.71. The van der Waals surface area contributed by atoms with E-state index in [0.29, 0.717) is 24.5 Å². The minimum absolute atomic E-state index is 0.0631. The van der Waals surface area contributed by atoms with E-state index in [1.54, 1.807) is 41.5 Å². The van der Waals surface area contributed by atoms with Gasteiger partial charge in [0.05, 0.1) is 5.69 Å². The number of nitrogens with zero attached hydrogens (tertiary/aromatic N) is 3. The van der Waals surface area contributed by atoms with Crippen LogP contribution in [0, 0.1) is 5.92 Å². The first-order valence-corrected chi connectivity index (χ1v) is 6.18. The highest BCUT2D eigenvalue weighted by Gasteiger charge is 2.14. The second-order valence-electron chi connectivity index (χ2n) is 4.29. The molecule has 0 spiro atoms. The highest BCUT2D eigenvalue weighted by atomic mass is 16.1. The zero-order valence-corrected chi connectivity index (χ0v) is 10.8. The standard InChI is InChI=1S/C13H17N5O/c1-10(5-6-14)13(19)17-11-4-2-7-15-12(11)18-9-3-8-16-18/h2-4,7-10H,5-6,14H2,1H3,(H,17,19). The molecule has 2 rings (SSSR count). The molecule has 2 aromatic rings. The Morgan fingerprint density at radius 1 is 1.47 bits per heavy atom. The lowest BCUT2D eigenvalue weighted by atomic mass is 10.1. The summed E-state index contributed by atoms with van der Waals surface area (Å²) in [6, 6.07) is 5.38. The monoisotopic (exact) mass is 259 g/mol. The van der Waals surface area contributed by atoms with E-state index in [1.165, 1.54) is 0 Å². The smallest absolute Gasteiger partial charge is 0.227 e. The van der Waals surface area contributed by atoms with Crippen molar-refractivity contribution >= 4 is 11.6 Å². The lowest BCUT2D eigenvalue weighted by Crippen LogP contribution is -2.23. The Morgan fingerprint density at radius 2 is 2.32 bits per heavy atom. The van der Waals surface area contributed by atoms with Crippen molar-refractivity contribution in [2.24, 2.45) is 11.7 Å². The maximum Gasteiger partial charge on any atom is 0.227 e. The van der Waals surface area contributed by atoms with Crippen LogP contribution in [0.5, 0.6) is 0 Å². The second kappa shape index (κ2) is 6.10. The molecule has 1 unspecified atom stereocenters. The zero-order valence-electron chi connectivity index (χ0n) is 10.8. The minimum atomic E-state index is -0.129. The number of carbonyl (C=O) groups is 1. The number of nitrogens with one attached hydrogen (secondary N) is 1. The van der Waals surface area contributed by atoms with Crippen LogP contribution in [0.4, 0.5) is 5.69 Å². The van der Waals surface area contributed by atoms with Gasteiger partial charge in [0.15, 0.2) is 5.82 Å². The predicted molar refractivity (Wildman–Crippen MR) is 72.8 cm³/mol. The Hall–Kier alpha value is -2.21. The lowest BCUT2D eigenvalue weighted by Gasteiger charge is -2.13. The Morgan fingerprint density at radius 3 is 3.00 bits per heavy atom. The average molecular weight is 259 g/mol. The van der Waals surface area contributed by atoms with Gasteiger partial charge < -0.3 is 11.1 Å². The molecule has 1 amide bonds. The van der Waals surface area contributed by atoms with E-state index in [2.05, 4.69) is 15.4 Å². The van der Waals surface area contributed by atoms with Crippen molar-refractivity contribution in [2.75, 3.05) is 11.9 Å². The van der Waals surface area contributed by atoms with Crippen molar-refractivity contribution in [3.8, 4) is 5.82 Å². The molecule has 0 aliphatic carbocycles. The Bertz CT molecular complexity index is 538. The number of rotatable bonds is 5. The van der Waals surface area contributed by atoms with Crippen LogP contribution in [-0.4, -0.2) is 27.2 Å². The van der Waals surface area contributed by atoms with E-state index in [9.17, 15) is 4.79 Å². The van der Waals surface area contributed by atoms with Gasteiger partial charge >= 0.3 is 0 Å². The normalized spacial score (nSPS) is 12.1. The fourth-order valence-corrected chi connectivity index (χ4v) is 1.71. The summed E-state index contributed by atoms with van der Waals surface area (Å²) in [6.45, 7) is 2.35. The van der Waals surface area contributed by atoms with Gasteiger partial charge in [-0.3, -0.25) is 4.79 Å². The van der Waals surface area contributed by atoms with Crippen LogP contribution in [0.3, 0.4) is 0 Å². The van der Waals surface area contributed by atoms with Crippen LogP contribution in [0.2, 0.25) is 0 Å². The Kier molecular flexibility index (Phi) is 4.25. The molecule has 1 atom stereocenters. The summed E-state index contributed by atoms with van der Waals surface area (Å²) in [5.74, 6) is 0.406. The van der Waals surface area contributed by atoms with Crippen molar-refractivity contribution in [1.29, 1.82) is 0 Å². The molecular formula is C13H17N5O. The molecule has 6 nitrogen and oxygen atoms in total. The van der Waals surface area contributed by atoms with Crippen LogP contribution < -0.4 is 11.1 Å². The van der Waals surface area contributed by atoms with Crippen molar-refractivity contribution in [1.82, 2.24) is 14.8 Å². The topological polar surface area (TPSA) is 85.8 Å². The van der Waals surface area contributed by atoms with Gasteiger partial charge in [-0.15, -0.1) is 0 Å². The summed E-state index contributed by atoms with van der Waals surface area (Å²) in [5.41, 5.74) is 6.10. The van der Waals surface area contributed by atoms with E-state index in [0.717, 1.165) is 0 Å². The van der Waals surface area contributed by atoms with Gasteiger partial charge in [0.1, 0.15) is 0 Å². The number of anilines is 1. The van der Waals surface area contributed by atoms with E-state index in [1.807, 2.05) is 6.92 Å². The number of hydrogen-bond donors (Lipinski definition) is 2. The summed E-state index contributed by atoms with van der Waals surface area (Å²) in [7, 11) is 0. The first kappa shape index (κ1) is 13.2. The number of amides is 1. The van der Waals surface area contributed by atoms with Gasteiger partial charge in [-0.05, 0) is 31.2 Å². The van der Waals surface area contributed by atoms with Crippen molar-refractivity contribution in [3.05, 3.63) is 36.8 Å². The molecule has 100 valence electrons. The molecule has 0 saturated carbocycles. The molecule has 2 aromatic heterocycles. The number of hydrogen-bond acceptors (Lipinski definition) is 4. The number of nitrogens with two attached hydrogens (primary N) is 1. The van der Waals surface area contributed by atoms with Crippen LogP contribution in [0.1, 0.15) is 13.3 Å². The largest absolute Gasteiger partial charge is 0.330 e. The van der Waals surface area contributed by atoms with Gasteiger partial charge in [0.2, 0.25) is 5.91 Å². The second-order valence-corrected chi connectivity index (χ2v) is 4.29. The summed E-state index contributed by atoms with van der Waals surface area (Å²) < 4.78 is 1.61.